The van der Waals surface area contributed by atoms with E-state index in [0.29, 0.717) is 0 Å². The monoisotopic (exact) mass is 786 g/mol. The third-order valence-corrected chi connectivity index (χ3v) is 0. The van der Waals surface area contributed by atoms with Crippen LogP contribution in [0.2, 0.25) is 0 Å². The van der Waals surface area contributed by atoms with Gasteiger partial charge in [-0.1, -0.05) is 0 Å². The van der Waals surface area contributed by atoms with E-state index in [1.54, 1.807) is 0 Å². The summed E-state index contributed by atoms with van der Waals surface area (Å²) < 4.78 is 77.2. The molecule has 0 saturated heterocycles. The predicted molar refractivity (Wildman–Crippen MR) is 14.9 cm³/mol. The Morgan fingerprint density at radius 2 is 0.529 bits per heavy atom. The summed E-state index contributed by atoms with van der Waals surface area (Å²) in [5.74, 6) is 0. The first kappa shape index (κ1) is 49.8. The summed E-state index contributed by atoms with van der Waals surface area (Å²) in [4.78, 5) is 0. The van der Waals surface area contributed by atoms with Crippen molar-refractivity contribution in [1.29, 1.82) is 0 Å². The molecule has 0 aromatic rings. The summed E-state index contributed by atoms with van der Waals surface area (Å²) in [7, 11) is 0. The fourth-order valence-corrected chi connectivity index (χ4v) is 0. The van der Waals surface area contributed by atoms with Gasteiger partial charge in [-0.25, -0.2) is 0 Å². The molecule has 0 unspecified atom stereocenters. The molecule has 0 aliphatic rings. The van der Waals surface area contributed by atoms with Gasteiger partial charge in [0.25, 0.3) is 0 Å². The molecule has 0 atom stereocenters. The minimum atomic E-state index is -4.08. The summed E-state index contributed by atoms with van der Waals surface area (Å²) >= 11 is -12.2. The Labute approximate surface area is 170 Å². The van der Waals surface area contributed by atoms with Gasteiger partial charge in [-0.3, -0.25) is 0 Å². The van der Waals surface area contributed by atoms with Crippen LogP contribution in [0.5, 0.6) is 0 Å². The number of hydrogen-bond donors (Lipinski definition) is 0. The maximum atomic E-state index is 8.58. The van der Waals surface area contributed by atoms with Crippen LogP contribution in [0, 0.1) is 0 Å². The zero-order valence-electron chi connectivity index (χ0n) is 7.39. The second-order valence-electron chi connectivity index (χ2n) is 0.750. The Kier molecular flexibility index (Phi) is 125. The van der Waals surface area contributed by atoms with Gasteiger partial charge in [0.1, 0.15) is 0 Å². The van der Waals surface area contributed by atoms with Crippen LogP contribution in [0.1, 0.15) is 0 Å². The maximum Gasteiger partial charge on any atom is 4.00 e. The SMILES string of the molecule is [Bi+3].[Bi+3].[O-2].[O-2].[O]=[Ti]([O-])[O-].[O]=[Ti]([O-])[O-].[O]=[Ti]([O-])[O-].[Ti+4]. The molecule has 0 aromatic heterocycles. The molecular weight excluding hydrogens is 785 g/mol. The molecule has 0 spiro atoms. The number of hydrogen-bond acceptors (Lipinski definition) is 9. The Morgan fingerprint density at radius 3 is 0.529 bits per heavy atom. The van der Waals surface area contributed by atoms with Crippen LogP contribution in [0.15, 0.2) is 0 Å². The molecule has 0 rings (SSSR count). The largest absolute Gasteiger partial charge is 4.00 e. The van der Waals surface area contributed by atoms with Gasteiger partial charge < -0.3 is 11.0 Å². The maximum absolute atomic E-state index is 8.58. The zero-order chi connectivity index (χ0) is 10.7. The van der Waals surface area contributed by atoms with Gasteiger partial charge in [0.05, 0.1) is 0 Å². The number of rotatable bonds is 0. The van der Waals surface area contributed by atoms with E-state index in [1.807, 2.05) is 0 Å². The van der Waals surface area contributed by atoms with E-state index in [0.717, 1.165) is 0 Å². The van der Waals surface area contributed by atoms with Crippen LogP contribution in [-0.4, -0.2) is 52.4 Å². The van der Waals surface area contributed by atoms with Crippen molar-refractivity contribution in [2.45, 2.75) is 0 Å². The molecule has 17 heavy (non-hydrogen) atoms. The van der Waals surface area contributed by atoms with Crippen molar-refractivity contribution >= 4 is 52.4 Å². The van der Waals surface area contributed by atoms with Gasteiger partial charge in [0, 0.05) is 0 Å². The second-order valence-corrected chi connectivity index (χ2v) is 3.09. The summed E-state index contributed by atoms with van der Waals surface area (Å²) in [5, 5.41) is 0. The molecule has 4 radical (unpaired) electrons. The second kappa shape index (κ2) is 42.7. The Balaban J connectivity index is -0.0000000104. The molecule has 0 bridgehead atoms. The van der Waals surface area contributed by atoms with Crippen molar-refractivity contribution in [3.63, 3.8) is 0 Å². The zero-order valence-corrected chi connectivity index (χ0v) is 20.6. The summed E-state index contributed by atoms with van der Waals surface area (Å²) in [6.45, 7) is 0. The van der Waals surface area contributed by atoms with E-state index in [4.69, 9.17) is 32.1 Å². The smallest absolute Gasteiger partial charge is 4.00 e. The van der Waals surface area contributed by atoms with E-state index in [-0.39, 0.29) is 85.1 Å². The van der Waals surface area contributed by atoms with Crippen molar-refractivity contribution < 1.29 is 121 Å². The van der Waals surface area contributed by atoms with Crippen molar-refractivity contribution in [1.82, 2.24) is 0 Å². The van der Waals surface area contributed by atoms with Gasteiger partial charge in [0.15, 0.2) is 0 Å². The van der Waals surface area contributed by atoms with Gasteiger partial charge in [-0.05, 0) is 0 Å². The summed E-state index contributed by atoms with van der Waals surface area (Å²) in [6, 6.07) is 0. The fraction of sp³-hybridized carbons (Fsp3) is 0. The first-order valence-electron chi connectivity index (χ1n) is 1.84. The topological polar surface area (TPSA) is 247 Å². The normalized spacial score (nSPS) is 4.59. The van der Waals surface area contributed by atoms with E-state index in [1.165, 1.54) is 0 Å². The van der Waals surface area contributed by atoms with Crippen molar-refractivity contribution in [2.75, 3.05) is 0 Å². The van der Waals surface area contributed by atoms with Gasteiger partial charge >= 0.3 is 162 Å². The Morgan fingerprint density at radius 1 is 0.529 bits per heavy atom. The van der Waals surface area contributed by atoms with Crippen LogP contribution < -0.4 is 22.1 Å². The summed E-state index contributed by atoms with van der Waals surface area (Å²) in [5.41, 5.74) is 0. The van der Waals surface area contributed by atoms with Crippen molar-refractivity contribution in [2.24, 2.45) is 0 Å². The molecule has 92 valence electrons. The van der Waals surface area contributed by atoms with Crippen LogP contribution in [0.3, 0.4) is 0 Å². The minimum absolute atomic E-state index is 0. The molecule has 0 fully saturated rings. The molecular formula is Bi2O11Ti4. The summed E-state index contributed by atoms with van der Waals surface area (Å²) in [6.07, 6.45) is 0. The predicted octanol–water partition coefficient (Wildman–Crippen LogP) is -8.50. The van der Waals surface area contributed by atoms with E-state index >= 15 is 0 Å². The van der Waals surface area contributed by atoms with Gasteiger partial charge in [0.2, 0.25) is 0 Å². The molecule has 0 saturated carbocycles. The molecule has 0 N–H and O–H groups in total. The van der Waals surface area contributed by atoms with Crippen LogP contribution in [-0.2, 0) is 98.5 Å². The fourth-order valence-electron chi connectivity index (χ4n) is 0. The first-order chi connectivity index (χ1) is 5.20. The third kappa shape index (κ3) is 450. The first-order valence-corrected chi connectivity index (χ1v) is 7.57. The standard InChI is InChI=1S/2Bi.11O.4Ti/q2*+3;;;;2*-2;6*-1;;;;+4. The molecule has 0 aliphatic heterocycles. The van der Waals surface area contributed by atoms with Crippen LogP contribution in [0.25, 0.3) is 0 Å². The van der Waals surface area contributed by atoms with Crippen LogP contribution >= 0.6 is 0 Å². The molecule has 0 heterocycles. The van der Waals surface area contributed by atoms with E-state index in [2.05, 4.69) is 0 Å². The average Bonchev–Trinajstić information content (AvgIpc) is 1.54. The Hall–Kier alpha value is 3.70. The van der Waals surface area contributed by atoms with Crippen molar-refractivity contribution in [3.05, 3.63) is 0 Å². The Bertz CT molecular complexity index is 119. The molecule has 0 amide bonds. The molecule has 11 nitrogen and oxygen atoms in total. The molecule has 17 heteroatoms. The quantitative estimate of drug-likeness (QED) is 0.211. The van der Waals surface area contributed by atoms with E-state index in [9.17, 15) is 0 Å². The molecule has 0 aromatic carbocycles. The third-order valence-electron chi connectivity index (χ3n) is 0. The van der Waals surface area contributed by atoms with Gasteiger partial charge in [-0.15, -0.1) is 0 Å². The van der Waals surface area contributed by atoms with Crippen LogP contribution in [0.4, 0.5) is 0 Å². The molecule has 0 aliphatic carbocycles. The van der Waals surface area contributed by atoms with E-state index < -0.39 is 55.8 Å². The van der Waals surface area contributed by atoms with Gasteiger partial charge in [-0.2, -0.15) is 0 Å². The minimum Gasteiger partial charge on any atom is 4.00 e. The average molecular weight is 785 g/mol. The van der Waals surface area contributed by atoms with Crippen molar-refractivity contribution in [3.8, 4) is 0 Å².